The average Bonchev–Trinajstić information content (AvgIpc) is 2.29. The minimum absolute atomic E-state index is 0.0439. The third-order valence-corrected chi connectivity index (χ3v) is 3.64. The van der Waals surface area contributed by atoms with Crippen molar-refractivity contribution >= 4 is 22.0 Å². The average molecular weight is 259 g/mol. The van der Waals surface area contributed by atoms with Crippen LogP contribution in [0.4, 0.5) is 5.69 Å². The second-order valence-corrected chi connectivity index (χ2v) is 5.15. The predicted molar refractivity (Wildman–Crippen MR) is 57.2 cm³/mol. The van der Waals surface area contributed by atoms with Crippen molar-refractivity contribution in [1.29, 1.82) is 0 Å². The topological polar surface area (TPSA) is 104 Å². The first-order chi connectivity index (χ1) is 7.97. The van der Waals surface area contributed by atoms with Crippen molar-refractivity contribution in [2.75, 3.05) is 12.4 Å². The van der Waals surface area contributed by atoms with Crippen molar-refractivity contribution in [3.05, 3.63) is 34.4 Å². The van der Waals surface area contributed by atoms with Crippen LogP contribution in [0.5, 0.6) is 0 Å². The van der Waals surface area contributed by atoms with E-state index < -0.39 is 14.8 Å². The molecule has 0 aromatic heterocycles. The number of hydrogen-bond acceptors (Lipinski definition) is 6. The number of hydrogen-bond donors (Lipinski definition) is 0. The molecule has 0 heterocycles. The fraction of sp³-hybridized carbons (Fsp3) is 0.222. The van der Waals surface area contributed by atoms with Crippen LogP contribution >= 0.6 is 0 Å². The minimum Gasteiger partial charge on any atom is -0.467 e. The van der Waals surface area contributed by atoms with E-state index in [2.05, 4.69) is 4.74 Å². The number of nitrogens with zero attached hydrogens (tertiary/aromatic N) is 1. The highest BCUT2D eigenvalue weighted by Crippen LogP contribution is 2.16. The maximum atomic E-state index is 11.6. The zero-order chi connectivity index (χ0) is 12.9. The molecule has 0 radical (unpaired) electrons. The number of ether oxygens (including phenoxy) is 1. The van der Waals surface area contributed by atoms with Gasteiger partial charge < -0.3 is 4.74 Å². The molecule has 0 amide bonds. The number of non-ortho nitro benzene ring substituents is 1. The summed E-state index contributed by atoms with van der Waals surface area (Å²) in [5, 5.41) is 10.4. The number of carbonyl (C=O) groups is 1. The van der Waals surface area contributed by atoms with Crippen LogP contribution in [-0.4, -0.2) is 32.2 Å². The van der Waals surface area contributed by atoms with Gasteiger partial charge in [-0.2, -0.15) is 0 Å². The summed E-state index contributed by atoms with van der Waals surface area (Å²) < 4.78 is 27.5. The molecule has 0 spiro atoms. The molecule has 0 saturated heterocycles. The minimum atomic E-state index is -3.58. The second-order valence-electron chi connectivity index (χ2n) is 3.04. The second kappa shape index (κ2) is 5.39. The molecule has 0 aliphatic rings. The molecular weight excluding hydrogens is 250 g/mol. The van der Waals surface area contributed by atoms with Crippen LogP contribution < -0.4 is 0 Å². The van der Waals surface area contributed by atoms with E-state index in [0.29, 0.717) is 0 Å². The Kier molecular flexibility index (Phi) is 4.16. The van der Waals surface area contributed by atoms with E-state index in [-0.39, 0.29) is 29.4 Å². The summed E-state index contributed by atoms with van der Waals surface area (Å²) in [5.41, 5.74) is -0.187. The molecule has 0 atom stereocenters. The van der Waals surface area contributed by atoms with Crippen molar-refractivity contribution < 1.29 is 22.9 Å². The molecule has 0 N–H and O–H groups in total. The van der Waals surface area contributed by atoms with Gasteiger partial charge in [-0.1, -0.05) is 0 Å². The van der Waals surface area contributed by atoms with Gasteiger partial charge in [-0.3, -0.25) is 14.9 Å². The van der Waals surface area contributed by atoms with Gasteiger partial charge in [-0.25, -0.2) is 8.42 Å². The lowest BCUT2D eigenvalue weighted by Crippen LogP contribution is -2.12. The molecular formula is C9H9NO6S. The van der Waals surface area contributed by atoms with Crippen LogP contribution in [0.1, 0.15) is 0 Å². The Morgan fingerprint density at radius 2 is 1.88 bits per heavy atom. The van der Waals surface area contributed by atoms with Crippen LogP contribution in [0, 0.1) is 10.1 Å². The lowest BCUT2D eigenvalue weighted by Gasteiger charge is -2.03. The first-order valence-electron chi connectivity index (χ1n) is 4.50. The van der Waals surface area contributed by atoms with E-state index in [9.17, 15) is 23.3 Å². The first-order valence-corrected chi connectivity index (χ1v) is 6.15. The summed E-state index contributed by atoms with van der Waals surface area (Å²) in [6, 6.07) is 4.50. The summed E-state index contributed by atoms with van der Waals surface area (Å²) in [6.07, 6.45) is 0. The van der Waals surface area contributed by atoms with Gasteiger partial charge in [0.2, 0.25) is 0 Å². The summed E-state index contributed by atoms with van der Waals surface area (Å²) in [7, 11) is -3.58. The van der Waals surface area contributed by atoms with E-state index in [0.717, 1.165) is 24.3 Å². The van der Waals surface area contributed by atoms with E-state index >= 15 is 0 Å². The van der Waals surface area contributed by atoms with Crippen molar-refractivity contribution in [2.24, 2.45) is 0 Å². The van der Waals surface area contributed by atoms with Gasteiger partial charge in [0.15, 0.2) is 9.84 Å². The molecule has 0 bridgehead atoms. The molecule has 0 aliphatic carbocycles. The number of carbonyl (C=O) groups excluding carboxylic acids is 1. The third-order valence-electron chi connectivity index (χ3n) is 1.94. The molecule has 92 valence electrons. The summed E-state index contributed by atoms with van der Waals surface area (Å²) >= 11 is 0. The summed E-state index contributed by atoms with van der Waals surface area (Å²) in [4.78, 5) is 19.6. The Bertz CT molecular complexity index is 507. The van der Waals surface area contributed by atoms with Crippen LogP contribution in [0.25, 0.3) is 0 Å². The molecule has 7 nitrogen and oxygen atoms in total. The van der Waals surface area contributed by atoms with E-state index in [1.165, 1.54) is 0 Å². The van der Waals surface area contributed by atoms with Crippen LogP contribution in [-0.2, 0) is 19.4 Å². The van der Waals surface area contributed by atoms with Crippen LogP contribution in [0.2, 0.25) is 0 Å². The Morgan fingerprint density at radius 3 is 2.35 bits per heavy atom. The fourth-order valence-electron chi connectivity index (χ4n) is 1.10. The predicted octanol–water partition coefficient (Wildman–Crippen LogP) is 0.541. The standard InChI is InChI=1S/C9H9NO6S/c11-7-16-5-6-17(14,15)9-3-1-8(2-4-9)10(12)13/h1-4,7H,5-6H2. The van der Waals surface area contributed by atoms with E-state index in [1.807, 2.05) is 0 Å². The van der Waals surface area contributed by atoms with Crippen LogP contribution in [0.15, 0.2) is 29.2 Å². The van der Waals surface area contributed by atoms with Gasteiger partial charge in [0, 0.05) is 12.1 Å². The Balaban J connectivity index is 2.85. The smallest absolute Gasteiger partial charge is 0.293 e. The van der Waals surface area contributed by atoms with Gasteiger partial charge in [0.25, 0.3) is 12.2 Å². The fourth-order valence-corrected chi connectivity index (χ4v) is 2.20. The van der Waals surface area contributed by atoms with Gasteiger partial charge >= 0.3 is 0 Å². The number of nitro benzene ring substituents is 1. The molecule has 17 heavy (non-hydrogen) atoms. The molecule has 8 heteroatoms. The lowest BCUT2D eigenvalue weighted by atomic mass is 10.3. The van der Waals surface area contributed by atoms with Crippen molar-refractivity contribution in [2.45, 2.75) is 4.90 Å². The number of nitro groups is 1. The van der Waals surface area contributed by atoms with Gasteiger partial charge in [0.1, 0.15) is 6.61 Å². The Morgan fingerprint density at radius 1 is 1.29 bits per heavy atom. The third kappa shape index (κ3) is 3.52. The monoisotopic (exact) mass is 259 g/mol. The molecule has 0 unspecified atom stereocenters. The van der Waals surface area contributed by atoms with Crippen molar-refractivity contribution in [3.8, 4) is 0 Å². The number of sulfone groups is 1. The van der Waals surface area contributed by atoms with Gasteiger partial charge in [0.05, 0.1) is 15.6 Å². The largest absolute Gasteiger partial charge is 0.467 e. The maximum absolute atomic E-state index is 11.6. The summed E-state index contributed by atoms with van der Waals surface area (Å²) in [6.45, 7) is -0.0891. The zero-order valence-electron chi connectivity index (χ0n) is 8.61. The van der Waals surface area contributed by atoms with E-state index in [4.69, 9.17) is 0 Å². The zero-order valence-corrected chi connectivity index (χ0v) is 9.42. The highest BCUT2D eigenvalue weighted by molar-refractivity contribution is 7.91. The Labute approximate surface area is 97.1 Å². The highest BCUT2D eigenvalue weighted by Gasteiger charge is 2.15. The molecule has 1 rings (SSSR count). The molecule has 0 aliphatic heterocycles. The number of benzene rings is 1. The van der Waals surface area contributed by atoms with Gasteiger partial charge in [-0.15, -0.1) is 0 Å². The Hall–Kier alpha value is -1.96. The molecule has 0 saturated carbocycles. The summed E-state index contributed by atoms with van der Waals surface area (Å²) in [5.74, 6) is -0.358. The molecule has 1 aromatic carbocycles. The highest BCUT2D eigenvalue weighted by atomic mass is 32.2. The first kappa shape index (κ1) is 13.1. The number of rotatable bonds is 6. The normalized spacial score (nSPS) is 10.8. The van der Waals surface area contributed by atoms with Crippen LogP contribution in [0.3, 0.4) is 0 Å². The quantitative estimate of drug-likeness (QED) is 0.319. The van der Waals surface area contributed by atoms with Gasteiger partial charge in [-0.05, 0) is 12.1 Å². The SMILES string of the molecule is O=COCCS(=O)(=O)c1ccc([N+](=O)[O-])cc1. The van der Waals surface area contributed by atoms with E-state index in [1.54, 1.807) is 0 Å². The molecule has 1 aromatic rings. The van der Waals surface area contributed by atoms with Crippen molar-refractivity contribution in [3.63, 3.8) is 0 Å². The van der Waals surface area contributed by atoms with Crippen molar-refractivity contribution in [1.82, 2.24) is 0 Å². The maximum Gasteiger partial charge on any atom is 0.293 e. The lowest BCUT2D eigenvalue weighted by molar-refractivity contribution is -0.384. The molecule has 0 fully saturated rings.